The van der Waals surface area contributed by atoms with Crippen LogP contribution in [0.25, 0.3) is 0 Å². The molecule has 0 spiro atoms. The Kier molecular flexibility index (Phi) is 5.81. The average molecular weight is 227 g/mol. The van der Waals surface area contributed by atoms with Crippen LogP contribution in [0.15, 0.2) is 0 Å². The van der Waals surface area contributed by atoms with Gasteiger partial charge in [0, 0.05) is 6.04 Å². The summed E-state index contributed by atoms with van der Waals surface area (Å²) in [5.74, 6) is 0.00648. The molecule has 0 atom stereocenters. The second-order valence-corrected chi connectivity index (χ2v) is 4.98. The van der Waals surface area contributed by atoms with Crippen molar-refractivity contribution in [1.82, 2.24) is 5.32 Å². The standard InChI is InChI=1S/C13H25NO2/c1-3-12(4-2)14-9-10-5-7-11(8-6-10)13(15)16/h10-12,14H,3-9H2,1-2H3,(H,15,16). The Hall–Kier alpha value is -0.570. The second kappa shape index (κ2) is 6.89. The van der Waals surface area contributed by atoms with Gasteiger partial charge in [0.15, 0.2) is 0 Å². The summed E-state index contributed by atoms with van der Waals surface area (Å²) in [6.45, 7) is 5.49. The number of rotatable bonds is 6. The molecule has 0 heterocycles. The third-order valence-electron chi connectivity index (χ3n) is 3.88. The van der Waals surface area contributed by atoms with Crippen molar-refractivity contribution in [2.24, 2.45) is 11.8 Å². The predicted molar refractivity (Wildman–Crippen MR) is 65.5 cm³/mol. The third kappa shape index (κ3) is 4.12. The molecule has 94 valence electrons. The summed E-state index contributed by atoms with van der Waals surface area (Å²) in [5, 5.41) is 12.5. The Balaban J connectivity index is 2.19. The van der Waals surface area contributed by atoms with Gasteiger partial charge in [0.25, 0.3) is 0 Å². The van der Waals surface area contributed by atoms with Crippen LogP contribution in [0, 0.1) is 11.8 Å². The van der Waals surface area contributed by atoms with Crippen molar-refractivity contribution in [1.29, 1.82) is 0 Å². The molecule has 1 fully saturated rings. The van der Waals surface area contributed by atoms with Gasteiger partial charge < -0.3 is 10.4 Å². The molecule has 2 N–H and O–H groups in total. The fourth-order valence-electron chi connectivity index (χ4n) is 2.52. The molecule has 0 aromatic heterocycles. The fourth-order valence-corrected chi connectivity index (χ4v) is 2.52. The summed E-state index contributed by atoms with van der Waals surface area (Å²) in [7, 11) is 0. The van der Waals surface area contributed by atoms with Gasteiger partial charge in [0.2, 0.25) is 0 Å². The lowest BCUT2D eigenvalue weighted by molar-refractivity contribution is -0.143. The maximum Gasteiger partial charge on any atom is 0.306 e. The minimum Gasteiger partial charge on any atom is -0.481 e. The van der Waals surface area contributed by atoms with E-state index in [2.05, 4.69) is 19.2 Å². The van der Waals surface area contributed by atoms with E-state index in [0.29, 0.717) is 12.0 Å². The summed E-state index contributed by atoms with van der Waals surface area (Å²) in [6.07, 6.45) is 6.24. The van der Waals surface area contributed by atoms with Gasteiger partial charge in [-0.25, -0.2) is 0 Å². The van der Waals surface area contributed by atoms with E-state index in [1.165, 1.54) is 12.8 Å². The summed E-state index contributed by atoms with van der Waals surface area (Å²) >= 11 is 0. The van der Waals surface area contributed by atoms with E-state index in [1.54, 1.807) is 0 Å². The van der Waals surface area contributed by atoms with Crippen LogP contribution >= 0.6 is 0 Å². The van der Waals surface area contributed by atoms with Crippen molar-refractivity contribution in [3.05, 3.63) is 0 Å². The first-order valence-electron chi connectivity index (χ1n) is 6.63. The molecule has 1 rings (SSSR count). The Morgan fingerprint density at radius 2 is 1.81 bits per heavy atom. The van der Waals surface area contributed by atoms with E-state index >= 15 is 0 Å². The quantitative estimate of drug-likeness (QED) is 0.733. The van der Waals surface area contributed by atoms with Crippen LogP contribution in [0.1, 0.15) is 52.4 Å². The van der Waals surface area contributed by atoms with E-state index in [0.717, 1.165) is 32.2 Å². The third-order valence-corrected chi connectivity index (χ3v) is 3.88. The smallest absolute Gasteiger partial charge is 0.306 e. The van der Waals surface area contributed by atoms with Crippen molar-refractivity contribution in [2.75, 3.05) is 6.54 Å². The topological polar surface area (TPSA) is 49.3 Å². The summed E-state index contributed by atoms with van der Waals surface area (Å²) < 4.78 is 0. The molecule has 16 heavy (non-hydrogen) atoms. The number of nitrogens with one attached hydrogen (secondary N) is 1. The van der Waals surface area contributed by atoms with Crippen LogP contribution in [-0.2, 0) is 4.79 Å². The minimum atomic E-state index is -0.605. The van der Waals surface area contributed by atoms with Crippen LogP contribution in [0.4, 0.5) is 0 Å². The van der Waals surface area contributed by atoms with Gasteiger partial charge in [-0.15, -0.1) is 0 Å². The Morgan fingerprint density at radius 3 is 2.25 bits per heavy atom. The maximum atomic E-state index is 10.8. The van der Waals surface area contributed by atoms with Gasteiger partial charge in [0.05, 0.1) is 5.92 Å². The first-order valence-corrected chi connectivity index (χ1v) is 6.63. The van der Waals surface area contributed by atoms with Gasteiger partial charge in [-0.05, 0) is 51.0 Å². The molecule has 1 aliphatic rings. The van der Waals surface area contributed by atoms with E-state index in [4.69, 9.17) is 5.11 Å². The minimum absolute atomic E-state index is 0.0793. The Morgan fingerprint density at radius 1 is 1.25 bits per heavy atom. The van der Waals surface area contributed by atoms with Crippen LogP contribution in [0.3, 0.4) is 0 Å². The highest BCUT2D eigenvalue weighted by molar-refractivity contribution is 5.69. The van der Waals surface area contributed by atoms with E-state index in [9.17, 15) is 4.79 Å². The van der Waals surface area contributed by atoms with E-state index in [1.807, 2.05) is 0 Å². The maximum absolute atomic E-state index is 10.8. The highest BCUT2D eigenvalue weighted by Gasteiger charge is 2.25. The predicted octanol–water partition coefficient (Wildman–Crippen LogP) is 2.66. The zero-order valence-electron chi connectivity index (χ0n) is 10.5. The zero-order valence-corrected chi connectivity index (χ0v) is 10.5. The van der Waals surface area contributed by atoms with Crippen LogP contribution < -0.4 is 5.32 Å². The molecular formula is C13H25NO2. The molecule has 0 bridgehead atoms. The van der Waals surface area contributed by atoms with Gasteiger partial charge in [-0.3, -0.25) is 4.79 Å². The summed E-state index contributed by atoms with van der Waals surface area (Å²) in [4.78, 5) is 10.8. The molecule has 1 aliphatic carbocycles. The lowest BCUT2D eigenvalue weighted by Gasteiger charge is -2.27. The fraction of sp³-hybridized carbons (Fsp3) is 0.923. The number of aliphatic carboxylic acids is 1. The molecule has 0 unspecified atom stereocenters. The van der Waals surface area contributed by atoms with Crippen molar-refractivity contribution >= 4 is 5.97 Å². The molecule has 0 amide bonds. The van der Waals surface area contributed by atoms with Gasteiger partial charge in [0.1, 0.15) is 0 Å². The molecule has 0 radical (unpaired) electrons. The van der Waals surface area contributed by atoms with Crippen LogP contribution in [0.2, 0.25) is 0 Å². The van der Waals surface area contributed by atoms with Crippen molar-refractivity contribution in [2.45, 2.75) is 58.4 Å². The molecular weight excluding hydrogens is 202 g/mol. The number of carboxylic acids is 1. The lowest BCUT2D eigenvalue weighted by atomic mass is 9.82. The number of carbonyl (C=O) groups is 1. The lowest BCUT2D eigenvalue weighted by Crippen LogP contribution is -2.34. The molecule has 0 aliphatic heterocycles. The van der Waals surface area contributed by atoms with Gasteiger partial charge in [-0.1, -0.05) is 13.8 Å². The molecule has 3 nitrogen and oxygen atoms in total. The summed E-state index contributed by atoms with van der Waals surface area (Å²) in [6, 6.07) is 0.636. The Bertz CT molecular complexity index is 206. The van der Waals surface area contributed by atoms with Crippen molar-refractivity contribution < 1.29 is 9.90 Å². The molecule has 0 aromatic carbocycles. The molecule has 1 saturated carbocycles. The average Bonchev–Trinajstić information content (AvgIpc) is 2.31. The van der Waals surface area contributed by atoms with Crippen molar-refractivity contribution in [3.63, 3.8) is 0 Å². The number of hydrogen-bond donors (Lipinski definition) is 2. The SMILES string of the molecule is CCC(CC)NCC1CCC(C(=O)O)CC1. The van der Waals surface area contributed by atoms with E-state index in [-0.39, 0.29) is 5.92 Å². The second-order valence-electron chi connectivity index (χ2n) is 4.98. The molecule has 3 heteroatoms. The van der Waals surface area contributed by atoms with Crippen LogP contribution in [-0.4, -0.2) is 23.7 Å². The van der Waals surface area contributed by atoms with Crippen LogP contribution in [0.5, 0.6) is 0 Å². The first-order chi connectivity index (χ1) is 7.67. The van der Waals surface area contributed by atoms with Crippen molar-refractivity contribution in [3.8, 4) is 0 Å². The zero-order chi connectivity index (χ0) is 12.0. The number of carboxylic acid groups (broad SMARTS) is 1. The monoisotopic (exact) mass is 227 g/mol. The highest BCUT2D eigenvalue weighted by Crippen LogP contribution is 2.28. The van der Waals surface area contributed by atoms with E-state index < -0.39 is 5.97 Å². The molecule has 0 saturated heterocycles. The highest BCUT2D eigenvalue weighted by atomic mass is 16.4. The Labute approximate surface area is 98.6 Å². The van der Waals surface area contributed by atoms with Gasteiger partial charge in [-0.2, -0.15) is 0 Å². The normalized spacial score (nSPS) is 25.9. The largest absolute Gasteiger partial charge is 0.481 e. The summed E-state index contributed by atoms with van der Waals surface area (Å²) in [5.41, 5.74) is 0. The number of hydrogen-bond acceptors (Lipinski definition) is 2. The van der Waals surface area contributed by atoms with Gasteiger partial charge >= 0.3 is 5.97 Å². The molecule has 0 aromatic rings. The first kappa shape index (κ1) is 13.5.